The molecule has 0 aromatic heterocycles. The van der Waals surface area contributed by atoms with Gasteiger partial charge in [0.2, 0.25) is 0 Å². The van der Waals surface area contributed by atoms with Gasteiger partial charge in [-0.3, -0.25) is 0 Å². The zero-order valence-electron chi connectivity index (χ0n) is 3.32. The predicted molar refractivity (Wildman–Crippen MR) is 15.8 cm³/mol. The topological polar surface area (TPSA) is 19.9 Å². The Morgan fingerprint density at radius 3 is 1.80 bits per heavy atom. The summed E-state index contributed by atoms with van der Waals surface area (Å²) in [6.07, 6.45) is 0.764. The molecule has 0 unspecified atom stereocenters. The van der Waals surface area contributed by atoms with E-state index in [-0.39, 0.29) is 28.3 Å². The molecule has 0 aliphatic carbocycles. The Kier molecular flexibility index (Phi) is 16.2. The molecule has 0 spiro atoms. The molecule has 0 amide bonds. The minimum absolute atomic E-state index is 0. The van der Waals surface area contributed by atoms with E-state index in [0.29, 0.717) is 0 Å². The first-order chi connectivity index (χ1) is 1.91. The van der Waals surface area contributed by atoms with Gasteiger partial charge in [0, 0.05) is 21.7 Å². The van der Waals surface area contributed by atoms with Crippen LogP contribution in [0.15, 0.2) is 0 Å². The molecule has 2 heteroatoms. The Hall–Kier alpha value is 0.674. The van der Waals surface area contributed by atoms with Crippen LogP contribution in [0.2, 0.25) is 0 Å². The van der Waals surface area contributed by atoms with Crippen molar-refractivity contribution < 1.29 is 26.8 Å². The number of hydrogen-bond acceptors (Lipinski definition) is 0. The van der Waals surface area contributed by atoms with Crippen LogP contribution in [-0.2, 0) is 26.8 Å². The normalized spacial score (nSPS) is 6.00. The van der Waals surface area contributed by atoms with Crippen molar-refractivity contribution in [3.05, 3.63) is 0 Å². The van der Waals surface area contributed by atoms with Crippen LogP contribution in [0.25, 0.3) is 0 Å². The van der Waals surface area contributed by atoms with Crippen molar-refractivity contribution in [3.8, 4) is 0 Å². The molecule has 1 nitrogen and oxygen atoms in total. The van der Waals surface area contributed by atoms with Gasteiger partial charge in [-0.2, -0.15) is 0 Å². The maximum atomic E-state index is 9.30. The fraction of sp³-hybridized carbons (Fsp3) is 1.00. The van der Waals surface area contributed by atoms with Crippen molar-refractivity contribution in [1.29, 1.82) is 0 Å². The molecule has 0 heterocycles. The Balaban J connectivity index is 0. The third-order valence-corrected chi connectivity index (χ3v) is 0.204. The van der Waals surface area contributed by atoms with Gasteiger partial charge in [-0.15, -0.1) is 0 Å². The Morgan fingerprint density at radius 2 is 1.80 bits per heavy atom. The van der Waals surface area contributed by atoms with Crippen molar-refractivity contribution in [2.24, 2.45) is 0 Å². The molecule has 0 fully saturated rings. The largest absolute Gasteiger partial charge is 0.237 e. The quantitative estimate of drug-likeness (QED) is 0.442. The molecule has 0 bridgehead atoms. The van der Waals surface area contributed by atoms with Crippen molar-refractivity contribution in [2.45, 2.75) is 13.3 Å². The first kappa shape index (κ1) is 9.18. The first-order valence-corrected chi connectivity index (χ1v) is 1.50. The maximum absolute atomic E-state index is 9.30. The Bertz CT molecular complexity index is 8.85. The average Bonchev–Trinajstić information content (AvgIpc) is 1.37. The van der Waals surface area contributed by atoms with E-state index in [1.165, 1.54) is 0 Å². The van der Waals surface area contributed by atoms with Gasteiger partial charge in [-0.1, -0.05) is 6.92 Å². The standard InChI is InChI=1S/C3H7O.Ti/c1-2-3-4;/h2-3H2,1H3;. The smallest absolute Gasteiger partial charge is 0.0819 e. The second-order valence-electron chi connectivity index (χ2n) is 0.704. The summed E-state index contributed by atoms with van der Waals surface area (Å²) >= 11 is 0. The zero-order valence-corrected chi connectivity index (χ0v) is 4.88. The summed E-state index contributed by atoms with van der Waals surface area (Å²) in [6.45, 7) is 1.94. The van der Waals surface area contributed by atoms with Gasteiger partial charge in [-0.05, 0) is 6.42 Å². The van der Waals surface area contributed by atoms with Gasteiger partial charge in [-0.25, -0.2) is 5.11 Å². The summed E-state index contributed by atoms with van der Waals surface area (Å²) < 4.78 is 0. The molecule has 29 valence electrons. The van der Waals surface area contributed by atoms with Crippen molar-refractivity contribution in [3.63, 3.8) is 0 Å². The van der Waals surface area contributed by atoms with Crippen LogP contribution in [-0.4, -0.2) is 6.61 Å². The zero-order chi connectivity index (χ0) is 3.41. The van der Waals surface area contributed by atoms with Gasteiger partial charge in [0.1, 0.15) is 0 Å². The number of rotatable bonds is 1. The number of hydrogen-bond donors (Lipinski definition) is 0. The summed E-state index contributed by atoms with van der Waals surface area (Å²) in [5, 5.41) is 9.30. The van der Waals surface area contributed by atoms with Gasteiger partial charge >= 0.3 is 0 Å². The Labute approximate surface area is 47.3 Å². The fourth-order valence-electron chi connectivity index (χ4n) is 0. The summed E-state index contributed by atoms with van der Waals surface area (Å²) in [4.78, 5) is 0. The van der Waals surface area contributed by atoms with Crippen LogP contribution in [0, 0.1) is 0 Å². The van der Waals surface area contributed by atoms with Crippen LogP contribution >= 0.6 is 0 Å². The molecule has 0 saturated heterocycles. The van der Waals surface area contributed by atoms with Crippen molar-refractivity contribution in [2.75, 3.05) is 6.61 Å². The Morgan fingerprint density at radius 1 is 1.60 bits per heavy atom. The molecule has 0 aromatic rings. The molecule has 0 atom stereocenters. The van der Waals surface area contributed by atoms with Crippen LogP contribution in [0.3, 0.4) is 0 Å². The molecule has 0 aliphatic heterocycles. The van der Waals surface area contributed by atoms with E-state index in [2.05, 4.69) is 0 Å². The molecular weight excluding hydrogens is 99.9 g/mol. The molecule has 0 aliphatic rings. The average molecular weight is 107 g/mol. The second-order valence-corrected chi connectivity index (χ2v) is 0.704. The van der Waals surface area contributed by atoms with Crippen LogP contribution in [0.1, 0.15) is 13.3 Å². The third kappa shape index (κ3) is 11.9. The summed E-state index contributed by atoms with van der Waals surface area (Å²) in [7, 11) is 0. The van der Waals surface area contributed by atoms with Gasteiger partial charge in [0.05, 0.1) is 6.61 Å². The molecule has 0 rings (SSSR count). The maximum Gasteiger partial charge on any atom is 0.0819 e. The van der Waals surface area contributed by atoms with E-state index >= 15 is 0 Å². The molecule has 0 aromatic carbocycles. The van der Waals surface area contributed by atoms with E-state index in [4.69, 9.17) is 0 Å². The van der Waals surface area contributed by atoms with E-state index in [1.807, 2.05) is 6.92 Å². The van der Waals surface area contributed by atoms with Crippen LogP contribution < -0.4 is 0 Å². The minimum atomic E-state index is 0. The monoisotopic (exact) mass is 107 g/mol. The fourth-order valence-corrected chi connectivity index (χ4v) is 0. The van der Waals surface area contributed by atoms with Crippen LogP contribution in [0.5, 0.6) is 0 Å². The molecule has 0 N–H and O–H groups in total. The van der Waals surface area contributed by atoms with E-state index < -0.39 is 0 Å². The second kappa shape index (κ2) is 8.82. The van der Waals surface area contributed by atoms with Gasteiger partial charge < -0.3 is 0 Å². The van der Waals surface area contributed by atoms with Crippen molar-refractivity contribution in [1.82, 2.24) is 0 Å². The summed E-state index contributed by atoms with van der Waals surface area (Å²) in [5.74, 6) is 0. The van der Waals surface area contributed by atoms with Gasteiger partial charge in [0.25, 0.3) is 0 Å². The first-order valence-electron chi connectivity index (χ1n) is 1.50. The molecule has 1 radical (unpaired) electrons. The predicted octanol–water partition coefficient (Wildman–Crippen LogP) is 0.824. The SMILES string of the molecule is CCC[O].[Ti]. The molecule has 0 saturated carbocycles. The summed E-state index contributed by atoms with van der Waals surface area (Å²) in [6, 6.07) is 0. The minimum Gasteiger partial charge on any atom is -0.237 e. The van der Waals surface area contributed by atoms with Crippen LogP contribution in [0.4, 0.5) is 0 Å². The third-order valence-electron chi connectivity index (χ3n) is 0.204. The van der Waals surface area contributed by atoms with E-state index in [1.54, 1.807) is 0 Å². The van der Waals surface area contributed by atoms with E-state index in [0.717, 1.165) is 6.42 Å². The molecular formula is C3H7OTi. The van der Waals surface area contributed by atoms with E-state index in [9.17, 15) is 5.11 Å². The van der Waals surface area contributed by atoms with Crippen molar-refractivity contribution >= 4 is 0 Å². The molecule has 5 heavy (non-hydrogen) atoms. The van der Waals surface area contributed by atoms with Gasteiger partial charge in [0.15, 0.2) is 0 Å². The summed E-state index contributed by atoms with van der Waals surface area (Å²) in [5.41, 5.74) is 0.